The molecule has 0 aromatic rings. The fourth-order valence-corrected chi connectivity index (χ4v) is 4.57. The van der Waals surface area contributed by atoms with E-state index in [9.17, 15) is 9.46 Å². The van der Waals surface area contributed by atoms with E-state index >= 15 is 0 Å². The normalized spacial score (nSPS) is 37.8. The molecule has 0 bridgehead atoms. The number of hydrogen-bond acceptors (Lipinski definition) is 9. The Kier molecular flexibility index (Phi) is 10.3. The average Bonchev–Trinajstić information content (AvgIpc) is 3.12. The lowest BCUT2D eigenvalue weighted by atomic mass is 9.93. The van der Waals surface area contributed by atoms with E-state index in [0.717, 1.165) is 0 Å². The van der Waals surface area contributed by atoms with Crippen molar-refractivity contribution in [1.29, 1.82) is 0 Å². The first-order valence-electron chi connectivity index (χ1n) is 10.6. The smallest absolute Gasteiger partial charge is 0.377 e. The Morgan fingerprint density at radius 2 is 1.44 bits per heavy atom. The minimum absolute atomic E-state index is 0.0855. The first-order valence-corrected chi connectivity index (χ1v) is 12.1. The maximum Gasteiger partial charge on any atom is 0.472 e. The number of rotatable bonds is 11. The number of phosphoric acid groups is 1. The Morgan fingerprint density at radius 1 is 0.938 bits per heavy atom. The molecule has 9 atom stereocenters. The van der Waals surface area contributed by atoms with Crippen molar-refractivity contribution in [3.8, 4) is 0 Å². The van der Waals surface area contributed by atoms with Gasteiger partial charge in [-0.15, -0.1) is 0 Å². The predicted molar refractivity (Wildman–Crippen MR) is 117 cm³/mol. The Hall–Kier alpha value is -0.000130. The van der Waals surface area contributed by atoms with Gasteiger partial charge in [0.1, 0.15) is 52.3 Å². The fourth-order valence-electron chi connectivity index (χ4n) is 3.61. The lowest BCUT2D eigenvalue weighted by Gasteiger charge is -2.28. The predicted octanol–water partition coefficient (Wildman–Crippen LogP) is 0.914. The zero-order chi connectivity index (χ0) is 24.3. The molecule has 0 amide bonds. The molecule has 1 N–H and O–H groups in total. The van der Waals surface area contributed by atoms with Crippen LogP contribution in [0.25, 0.3) is 0 Å². The van der Waals surface area contributed by atoms with Crippen LogP contribution in [0.1, 0.15) is 34.6 Å². The summed E-state index contributed by atoms with van der Waals surface area (Å²) in [5.74, 6) is 0. The van der Waals surface area contributed by atoms with Crippen LogP contribution in [0.4, 0.5) is 0 Å². The molecule has 32 heavy (non-hydrogen) atoms. The van der Waals surface area contributed by atoms with E-state index in [1.807, 2.05) is 34.6 Å². The van der Waals surface area contributed by atoms with Crippen LogP contribution in [0.5, 0.6) is 0 Å². The van der Waals surface area contributed by atoms with Crippen molar-refractivity contribution >= 4 is 23.5 Å². The summed E-state index contributed by atoms with van der Waals surface area (Å²) in [5, 5.41) is 0. The molecule has 2 heterocycles. The largest absolute Gasteiger partial charge is 0.472 e. The van der Waals surface area contributed by atoms with E-state index in [0.29, 0.717) is 0 Å². The number of phosphoric ester groups is 1. The monoisotopic (exact) mass is 476 g/mol. The SMILES string of the molecule is [B]C1OC(COP(=O)(O)OC2C(COC(C)(C)C)OC([B])C2OC)C(OC(C)C)C1OC. The van der Waals surface area contributed by atoms with Gasteiger partial charge >= 0.3 is 7.82 Å². The highest BCUT2D eigenvalue weighted by atomic mass is 31.2. The minimum atomic E-state index is -4.57. The van der Waals surface area contributed by atoms with Gasteiger partial charge in [0, 0.05) is 26.2 Å². The second kappa shape index (κ2) is 11.6. The van der Waals surface area contributed by atoms with Gasteiger partial charge in [0.25, 0.3) is 0 Å². The van der Waals surface area contributed by atoms with E-state index in [2.05, 4.69) is 0 Å². The third kappa shape index (κ3) is 7.77. The van der Waals surface area contributed by atoms with Crippen molar-refractivity contribution in [3.63, 3.8) is 0 Å². The molecule has 13 heteroatoms. The highest BCUT2D eigenvalue weighted by Gasteiger charge is 2.49. The zero-order valence-electron chi connectivity index (χ0n) is 19.8. The van der Waals surface area contributed by atoms with Crippen LogP contribution >= 0.6 is 7.82 Å². The molecular formula is C19H35B2O10P. The van der Waals surface area contributed by atoms with Gasteiger partial charge in [0.15, 0.2) is 0 Å². The molecule has 2 aliphatic rings. The second-order valence-corrected chi connectivity index (χ2v) is 10.5. The Morgan fingerprint density at radius 3 is 1.91 bits per heavy atom. The molecule has 2 fully saturated rings. The molecule has 0 aliphatic carbocycles. The average molecular weight is 476 g/mol. The number of ether oxygens (including phenoxy) is 6. The van der Waals surface area contributed by atoms with Gasteiger partial charge in [0.2, 0.25) is 0 Å². The zero-order valence-corrected chi connectivity index (χ0v) is 20.7. The van der Waals surface area contributed by atoms with E-state index in [-0.39, 0.29) is 19.3 Å². The van der Waals surface area contributed by atoms with Gasteiger partial charge in [-0.25, -0.2) is 4.57 Å². The van der Waals surface area contributed by atoms with Crippen LogP contribution < -0.4 is 0 Å². The lowest BCUT2D eigenvalue weighted by Crippen LogP contribution is -2.40. The molecule has 10 nitrogen and oxygen atoms in total. The number of hydrogen-bond donors (Lipinski definition) is 1. The molecule has 0 aromatic heterocycles. The summed E-state index contributed by atoms with van der Waals surface area (Å²) in [6.45, 7) is 9.11. The van der Waals surface area contributed by atoms with Crippen LogP contribution in [-0.2, 0) is 42.0 Å². The maximum absolute atomic E-state index is 12.8. The molecule has 2 saturated heterocycles. The maximum atomic E-state index is 12.8. The molecule has 4 radical (unpaired) electrons. The highest BCUT2D eigenvalue weighted by Crippen LogP contribution is 2.48. The summed E-state index contributed by atoms with van der Waals surface area (Å²) in [7, 11) is 10.2. The molecular weight excluding hydrogens is 441 g/mol. The van der Waals surface area contributed by atoms with Gasteiger partial charge in [-0.3, -0.25) is 9.05 Å². The molecule has 0 spiro atoms. The van der Waals surface area contributed by atoms with Crippen LogP contribution in [0.3, 0.4) is 0 Å². The minimum Gasteiger partial charge on any atom is -0.377 e. The molecule has 182 valence electrons. The summed E-state index contributed by atoms with van der Waals surface area (Å²) in [4.78, 5) is 10.4. The first kappa shape index (κ1) is 28.2. The van der Waals surface area contributed by atoms with Crippen molar-refractivity contribution in [2.75, 3.05) is 27.4 Å². The Labute approximate surface area is 193 Å². The standard InChI is InChI=1S/C19H35B2O10P/c1-10(2)28-13-12(30-17(20)15(13)24-6)9-27-32(22,23)31-14-11(8-26-19(3,4)5)29-18(21)16(14)25-7/h10-18H,8-9H2,1-7H3,(H,22,23). The topological polar surface area (TPSA) is 111 Å². The van der Waals surface area contributed by atoms with Crippen LogP contribution in [0.2, 0.25) is 0 Å². The fraction of sp³-hybridized carbons (Fsp3) is 1.00. The summed E-state index contributed by atoms with van der Waals surface area (Å²) in [6.07, 6.45) is -4.53. The lowest BCUT2D eigenvalue weighted by molar-refractivity contribution is -0.0910. The molecule has 0 aromatic carbocycles. The Balaban J connectivity index is 2.04. The van der Waals surface area contributed by atoms with Crippen molar-refractivity contribution in [2.45, 2.75) is 95.0 Å². The van der Waals surface area contributed by atoms with Crippen molar-refractivity contribution in [2.24, 2.45) is 0 Å². The Bertz CT molecular complexity index is 634. The van der Waals surface area contributed by atoms with Gasteiger partial charge in [-0.05, 0) is 34.6 Å². The molecule has 2 rings (SSSR count). The van der Waals surface area contributed by atoms with Gasteiger partial charge in [-0.1, -0.05) is 0 Å². The summed E-state index contributed by atoms with van der Waals surface area (Å²) in [6, 6.07) is -1.63. The van der Waals surface area contributed by atoms with E-state index in [1.165, 1.54) is 14.2 Å². The number of methoxy groups -OCH3 is 2. The van der Waals surface area contributed by atoms with Crippen molar-refractivity contribution < 1.29 is 46.9 Å². The van der Waals surface area contributed by atoms with E-state index in [4.69, 9.17) is 53.2 Å². The molecule has 2 aliphatic heterocycles. The van der Waals surface area contributed by atoms with Crippen LogP contribution in [0, 0.1) is 0 Å². The molecule has 0 saturated carbocycles. The third-order valence-electron chi connectivity index (χ3n) is 5.00. The summed E-state index contributed by atoms with van der Waals surface area (Å²) in [5.41, 5.74) is -0.454. The molecule has 9 unspecified atom stereocenters. The van der Waals surface area contributed by atoms with E-state index in [1.54, 1.807) is 0 Å². The third-order valence-corrected chi connectivity index (χ3v) is 5.99. The van der Waals surface area contributed by atoms with Crippen molar-refractivity contribution in [1.82, 2.24) is 0 Å². The first-order chi connectivity index (χ1) is 14.8. The summed E-state index contributed by atoms with van der Waals surface area (Å²) >= 11 is 0. The van der Waals surface area contributed by atoms with Gasteiger partial charge in [-0.2, -0.15) is 0 Å². The van der Waals surface area contributed by atoms with E-state index < -0.39 is 62.1 Å². The van der Waals surface area contributed by atoms with Gasteiger partial charge in [0.05, 0.1) is 24.9 Å². The van der Waals surface area contributed by atoms with Gasteiger partial charge < -0.3 is 33.3 Å². The second-order valence-electron chi connectivity index (χ2n) is 9.09. The quantitative estimate of drug-likeness (QED) is 0.342. The summed E-state index contributed by atoms with van der Waals surface area (Å²) < 4.78 is 56.9. The van der Waals surface area contributed by atoms with Crippen LogP contribution in [0.15, 0.2) is 0 Å². The van der Waals surface area contributed by atoms with Crippen molar-refractivity contribution in [3.05, 3.63) is 0 Å². The van der Waals surface area contributed by atoms with Crippen LogP contribution in [-0.4, -0.2) is 108 Å². The highest BCUT2D eigenvalue weighted by molar-refractivity contribution is 7.47.